The van der Waals surface area contributed by atoms with Gasteiger partial charge in [-0.1, -0.05) is 13.8 Å². The van der Waals surface area contributed by atoms with Crippen molar-refractivity contribution < 1.29 is 9.53 Å². The van der Waals surface area contributed by atoms with Gasteiger partial charge in [0.1, 0.15) is 21.8 Å². The number of ether oxygens (including phenoxy) is 1. The third-order valence-corrected chi connectivity index (χ3v) is 4.31. The zero-order chi connectivity index (χ0) is 15.6. The van der Waals surface area contributed by atoms with Gasteiger partial charge in [0.15, 0.2) is 0 Å². The first kappa shape index (κ1) is 15.6. The second-order valence-corrected chi connectivity index (χ2v) is 6.03. The minimum Gasteiger partial charge on any atom is -0.375 e. The number of anilines is 1. The lowest BCUT2D eigenvalue weighted by molar-refractivity contribution is 0.102. The maximum atomic E-state index is 12.3. The van der Waals surface area contributed by atoms with Gasteiger partial charge in [0, 0.05) is 13.0 Å². The Balaban J connectivity index is 2.14. The number of nitrogens with one attached hydrogen (secondary N) is 2. The Bertz CT molecular complexity index is 634. The molecule has 2 aromatic heterocycles. The van der Waals surface area contributed by atoms with E-state index in [2.05, 4.69) is 25.5 Å². The predicted molar refractivity (Wildman–Crippen MR) is 80.7 cm³/mol. The molecule has 0 spiro atoms. The van der Waals surface area contributed by atoms with Gasteiger partial charge in [0.2, 0.25) is 5.95 Å². The minimum absolute atomic E-state index is 0.133. The van der Waals surface area contributed by atoms with Crippen LogP contribution in [0, 0.1) is 6.92 Å². The van der Waals surface area contributed by atoms with Crippen LogP contribution in [-0.4, -0.2) is 33.2 Å². The molecule has 8 heteroatoms. The smallest absolute Gasteiger partial charge is 0.270 e. The first-order chi connectivity index (χ1) is 9.92. The molecular formula is C13H19N5O2S. The summed E-state index contributed by atoms with van der Waals surface area (Å²) in [5.74, 6) is 0.981. The van der Waals surface area contributed by atoms with E-state index in [1.807, 2.05) is 20.8 Å². The highest BCUT2D eigenvalue weighted by molar-refractivity contribution is 7.14. The van der Waals surface area contributed by atoms with Crippen molar-refractivity contribution in [3.8, 4) is 0 Å². The van der Waals surface area contributed by atoms with Crippen LogP contribution in [-0.2, 0) is 4.74 Å². The maximum absolute atomic E-state index is 12.3. The number of aromatic nitrogens is 4. The number of aryl methyl sites for hydroxylation is 1. The number of nitrogens with zero attached hydrogens (tertiary/aromatic N) is 3. The van der Waals surface area contributed by atoms with Crippen LogP contribution in [0.4, 0.5) is 5.95 Å². The second kappa shape index (κ2) is 6.31. The predicted octanol–water partition coefficient (Wildman–Crippen LogP) is 2.65. The molecule has 0 saturated heterocycles. The van der Waals surface area contributed by atoms with Gasteiger partial charge in [-0.2, -0.15) is 4.98 Å². The third kappa shape index (κ3) is 3.45. The lowest BCUT2D eigenvalue weighted by Gasteiger charge is -2.03. The van der Waals surface area contributed by atoms with E-state index >= 15 is 0 Å². The Labute approximate surface area is 127 Å². The van der Waals surface area contributed by atoms with Crippen molar-refractivity contribution in [1.29, 1.82) is 0 Å². The van der Waals surface area contributed by atoms with Crippen LogP contribution in [0.2, 0.25) is 0 Å². The van der Waals surface area contributed by atoms with Gasteiger partial charge in [-0.15, -0.1) is 16.4 Å². The van der Waals surface area contributed by atoms with Gasteiger partial charge in [-0.25, -0.2) is 4.98 Å². The fraction of sp³-hybridized carbons (Fsp3) is 0.538. The van der Waals surface area contributed by atoms with Gasteiger partial charge in [0.25, 0.3) is 5.91 Å². The molecule has 0 saturated carbocycles. The highest BCUT2D eigenvalue weighted by Crippen LogP contribution is 2.25. The van der Waals surface area contributed by atoms with Crippen LogP contribution in [0.25, 0.3) is 0 Å². The van der Waals surface area contributed by atoms with Crippen LogP contribution < -0.4 is 5.32 Å². The van der Waals surface area contributed by atoms with E-state index in [0.717, 1.165) is 10.8 Å². The molecule has 7 nitrogen and oxygen atoms in total. The van der Waals surface area contributed by atoms with Crippen molar-refractivity contribution in [2.75, 3.05) is 12.4 Å². The summed E-state index contributed by atoms with van der Waals surface area (Å²) < 4.78 is 5.22. The van der Waals surface area contributed by atoms with Crippen LogP contribution in [0.5, 0.6) is 0 Å². The summed E-state index contributed by atoms with van der Waals surface area (Å²) in [4.78, 5) is 21.4. The molecule has 0 aliphatic carbocycles. The Morgan fingerprint density at radius 1 is 1.33 bits per heavy atom. The number of amides is 1. The highest BCUT2D eigenvalue weighted by Gasteiger charge is 2.19. The molecule has 114 valence electrons. The van der Waals surface area contributed by atoms with Crippen molar-refractivity contribution in [2.24, 2.45) is 0 Å². The van der Waals surface area contributed by atoms with Crippen LogP contribution >= 0.6 is 11.3 Å². The van der Waals surface area contributed by atoms with E-state index in [1.165, 1.54) is 11.3 Å². The second-order valence-electron chi connectivity index (χ2n) is 5.00. The molecule has 0 bridgehead atoms. The molecule has 0 radical (unpaired) electrons. The van der Waals surface area contributed by atoms with Crippen LogP contribution in [0.3, 0.4) is 0 Å². The zero-order valence-electron chi connectivity index (χ0n) is 12.7. The fourth-order valence-electron chi connectivity index (χ4n) is 1.65. The van der Waals surface area contributed by atoms with E-state index in [9.17, 15) is 4.79 Å². The standard InChI is InChI=1S/C13H19N5O2S/c1-6(2)10-15-13(18-17-10)16-11(19)9-7(3)14-12(21-9)8(4)20-5/h6,8H,1-5H3,(H2,15,16,17,18,19)/t8-/m0/s1. The Morgan fingerprint density at radius 2 is 2.05 bits per heavy atom. The molecule has 0 aliphatic heterocycles. The summed E-state index contributed by atoms with van der Waals surface area (Å²) in [6.45, 7) is 7.69. The van der Waals surface area contributed by atoms with Gasteiger partial charge in [-0.3, -0.25) is 15.2 Å². The van der Waals surface area contributed by atoms with E-state index in [4.69, 9.17) is 4.74 Å². The van der Waals surface area contributed by atoms with E-state index in [1.54, 1.807) is 14.0 Å². The summed E-state index contributed by atoms with van der Waals surface area (Å²) in [6.07, 6.45) is -0.133. The Kier molecular flexibility index (Phi) is 4.69. The molecule has 1 atom stereocenters. The lowest BCUT2D eigenvalue weighted by Crippen LogP contribution is -2.12. The molecule has 0 aliphatic rings. The number of rotatable bonds is 5. The quantitative estimate of drug-likeness (QED) is 0.885. The summed E-state index contributed by atoms with van der Waals surface area (Å²) in [6, 6.07) is 0. The zero-order valence-corrected chi connectivity index (χ0v) is 13.5. The molecule has 1 amide bonds. The van der Waals surface area contributed by atoms with Crippen molar-refractivity contribution in [1.82, 2.24) is 20.2 Å². The molecule has 0 unspecified atom stereocenters. The summed E-state index contributed by atoms with van der Waals surface area (Å²) in [5, 5.41) is 10.2. The van der Waals surface area contributed by atoms with Crippen molar-refractivity contribution in [2.45, 2.75) is 39.7 Å². The average Bonchev–Trinajstić information content (AvgIpc) is 3.04. The monoisotopic (exact) mass is 309 g/mol. The van der Waals surface area contributed by atoms with Crippen LogP contribution in [0.15, 0.2) is 0 Å². The number of H-pyrrole nitrogens is 1. The van der Waals surface area contributed by atoms with Gasteiger partial charge >= 0.3 is 0 Å². The number of aromatic amines is 1. The number of thiazole rings is 1. The molecule has 2 rings (SSSR count). The number of hydrogen-bond acceptors (Lipinski definition) is 6. The maximum Gasteiger partial charge on any atom is 0.270 e. The highest BCUT2D eigenvalue weighted by atomic mass is 32.1. The van der Waals surface area contributed by atoms with Crippen LogP contribution in [0.1, 0.15) is 59.0 Å². The first-order valence-electron chi connectivity index (χ1n) is 6.66. The van der Waals surface area contributed by atoms with Crippen molar-refractivity contribution >= 4 is 23.2 Å². The van der Waals surface area contributed by atoms with Crippen molar-refractivity contribution in [3.63, 3.8) is 0 Å². The van der Waals surface area contributed by atoms with E-state index in [0.29, 0.717) is 10.6 Å². The average molecular weight is 309 g/mol. The Morgan fingerprint density at radius 3 is 2.62 bits per heavy atom. The largest absolute Gasteiger partial charge is 0.375 e. The molecule has 0 fully saturated rings. The van der Waals surface area contributed by atoms with Gasteiger partial charge in [-0.05, 0) is 13.8 Å². The van der Waals surface area contributed by atoms with E-state index < -0.39 is 0 Å². The molecular weight excluding hydrogens is 290 g/mol. The topological polar surface area (TPSA) is 92.8 Å². The molecule has 2 heterocycles. The summed E-state index contributed by atoms with van der Waals surface area (Å²) in [5.41, 5.74) is 0.677. The minimum atomic E-state index is -0.256. The molecule has 2 N–H and O–H groups in total. The number of hydrogen-bond donors (Lipinski definition) is 2. The molecule has 21 heavy (non-hydrogen) atoms. The third-order valence-electron chi connectivity index (χ3n) is 3.00. The number of carbonyl (C=O) groups excluding carboxylic acids is 1. The normalized spacial score (nSPS) is 12.7. The Hall–Kier alpha value is -1.80. The van der Waals surface area contributed by atoms with Crippen molar-refractivity contribution in [3.05, 3.63) is 21.4 Å². The van der Waals surface area contributed by atoms with Gasteiger partial charge < -0.3 is 4.74 Å². The molecule has 2 aromatic rings. The number of methoxy groups -OCH3 is 1. The first-order valence-corrected chi connectivity index (χ1v) is 7.47. The lowest BCUT2D eigenvalue weighted by atomic mass is 10.2. The summed E-state index contributed by atoms with van der Waals surface area (Å²) >= 11 is 1.32. The summed E-state index contributed by atoms with van der Waals surface area (Å²) in [7, 11) is 1.61. The molecule has 0 aromatic carbocycles. The van der Waals surface area contributed by atoms with Gasteiger partial charge in [0.05, 0.1) is 5.69 Å². The fourth-order valence-corrected chi connectivity index (χ4v) is 2.64. The van der Waals surface area contributed by atoms with E-state index in [-0.39, 0.29) is 23.9 Å². The SMILES string of the molecule is CO[C@@H](C)c1nc(C)c(C(=O)Nc2n[nH]c(C(C)C)n2)s1. The number of carbonyl (C=O) groups is 1.